The quantitative estimate of drug-likeness (QED) is 0.848. The normalized spacial score (nSPS) is 24.7. The van der Waals surface area contributed by atoms with E-state index in [9.17, 15) is 9.90 Å². The van der Waals surface area contributed by atoms with Gasteiger partial charge in [0, 0.05) is 20.1 Å². The Hall–Kier alpha value is -1.35. The van der Waals surface area contributed by atoms with Crippen LogP contribution in [0.2, 0.25) is 0 Å². The van der Waals surface area contributed by atoms with E-state index in [0.717, 1.165) is 19.4 Å². The first kappa shape index (κ1) is 12.1. The monoisotopic (exact) mass is 233 g/mol. The van der Waals surface area contributed by atoms with Crippen molar-refractivity contribution in [3.8, 4) is 0 Å². The Balaban J connectivity index is 2.22. The standard InChI is InChI=1S/C14H19NO2/c1-11(17)15-8-7-12(10-16)9-14(15)13-5-3-2-4-6-13/h2-6,12,14,16H,7-10H2,1H3. The molecule has 1 aliphatic heterocycles. The molecule has 92 valence electrons. The number of nitrogens with zero attached hydrogens (tertiary/aromatic N) is 1. The van der Waals surface area contributed by atoms with Gasteiger partial charge in [-0.1, -0.05) is 30.3 Å². The fraction of sp³-hybridized carbons (Fsp3) is 0.500. The lowest BCUT2D eigenvalue weighted by Crippen LogP contribution is -2.40. The Morgan fingerprint density at radius 3 is 2.71 bits per heavy atom. The summed E-state index contributed by atoms with van der Waals surface area (Å²) < 4.78 is 0. The van der Waals surface area contributed by atoms with E-state index in [1.807, 2.05) is 23.1 Å². The molecule has 0 bridgehead atoms. The van der Waals surface area contributed by atoms with E-state index in [1.54, 1.807) is 6.92 Å². The first-order valence-corrected chi connectivity index (χ1v) is 6.15. The van der Waals surface area contributed by atoms with E-state index in [1.165, 1.54) is 5.56 Å². The zero-order valence-electron chi connectivity index (χ0n) is 10.2. The summed E-state index contributed by atoms with van der Waals surface area (Å²) in [6.45, 7) is 2.59. The van der Waals surface area contributed by atoms with Crippen LogP contribution < -0.4 is 0 Å². The molecule has 3 nitrogen and oxygen atoms in total. The highest BCUT2D eigenvalue weighted by molar-refractivity contribution is 5.74. The van der Waals surface area contributed by atoms with Crippen LogP contribution in [0.5, 0.6) is 0 Å². The smallest absolute Gasteiger partial charge is 0.219 e. The second-order valence-electron chi connectivity index (χ2n) is 4.71. The van der Waals surface area contributed by atoms with Crippen molar-refractivity contribution in [3.63, 3.8) is 0 Å². The maximum Gasteiger partial charge on any atom is 0.219 e. The Labute approximate surface area is 102 Å². The van der Waals surface area contributed by atoms with E-state index in [2.05, 4.69) is 12.1 Å². The van der Waals surface area contributed by atoms with Crippen molar-refractivity contribution in [2.75, 3.05) is 13.2 Å². The number of hydrogen-bond acceptors (Lipinski definition) is 2. The Kier molecular flexibility index (Phi) is 3.79. The van der Waals surface area contributed by atoms with Gasteiger partial charge in [0.05, 0.1) is 6.04 Å². The third-order valence-electron chi connectivity index (χ3n) is 3.56. The summed E-state index contributed by atoms with van der Waals surface area (Å²) in [6, 6.07) is 10.2. The third kappa shape index (κ3) is 2.67. The van der Waals surface area contributed by atoms with Gasteiger partial charge in [-0.05, 0) is 24.3 Å². The second kappa shape index (κ2) is 5.32. The number of aliphatic hydroxyl groups is 1. The number of aliphatic hydroxyl groups excluding tert-OH is 1. The summed E-state index contributed by atoms with van der Waals surface area (Å²) in [7, 11) is 0. The van der Waals surface area contributed by atoms with Gasteiger partial charge in [-0.3, -0.25) is 4.79 Å². The predicted octanol–water partition coefficient (Wildman–Crippen LogP) is 1.98. The summed E-state index contributed by atoms with van der Waals surface area (Å²) in [4.78, 5) is 13.6. The molecule has 0 aromatic heterocycles. The lowest BCUT2D eigenvalue weighted by molar-refractivity contribution is -0.133. The topological polar surface area (TPSA) is 40.5 Å². The van der Waals surface area contributed by atoms with Crippen molar-refractivity contribution in [1.29, 1.82) is 0 Å². The van der Waals surface area contributed by atoms with Crippen molar-refractivity contribution >= 4 is 5.91 Å². The lowest BCUT2D eigenvalue weighted by atomic mass is 9.87. The number of carbonyl (C=O) groups is 1. The molecule has 1 fully saturated rings. The summed E-state index contributed by atoms with van der Waals surface area (Å²) in [6.07, 6.45) is 1.76. The number of carbonyl (C=O) groups excluding carboxylic acids is 1. The zero-order valence-corrected chi connectivity index (χ0v) is 10.2. The van der Waals surface area contributed by atoms with Gasteiger partial charge in [0.1, 0.15) is 0 Å². The highest BCUT2D eigenvalue weighted by Crippen LogP contribution is 2.33. The third-order valence-corrected chi connectivity index (χ3v) is 3.56. The van der Waals surface area contributed by atoms with Crippen molar-refractivity contribution < 1.29 is 9.90 Å². The lowest BCUT2D eigenvalue weighted by Gasteiger charge is -2.38. The molecular formula is C14H19NO2. The highest BCUT2D eigenvalue weighted by atomic mass is 16.3. The number of benzene rings is 1. The minimum absolute atomic E-state index is 0.121. The fourth-order valence-electron chi connectivity index (χ4n) is 2.57. The zero-order chi connectivity index (χ0) is 12.3. The van der Waals surface area contributed by atoms with Crippen LogP contribution in [-0.4, -0.2) is 29.1 Å². The number of hydrogen-bond donors (Lipinski definition) is 1. The van der Waals surface area contributed by atoms with Gasteiger partial charge < -0.3 is 10.0 Å². The highest BCUT2D eigenvalue weighted by Gasteiger charge is 2.30. The van der Waals surface area contributed by atoms with E-state index in [-0.39, 0.29) is 18.6 Å². The molecule has 1 N–H and O–H groups in total. The number of likely N-dealkylation sites (tertiary alicyclic amines) is 1. The molecule has 2 rings (SSSR count). The van der Waals surface area contributed by atoms with Gasteiger partial charge in [-0.25, -0.2) is 0 Å². The first-order chi connectivity index (χ1) is 8.22. The van der Waals surface area contributed by atoms with Crippen LogP contribution in [0.3, 0.4) is 0 Å². The van der Waals surface area contributed by atoms with Crippen LogP contribution in [0.1, 0.15) is 31.4 Å². The Bertz CT molecular complexity index is 377. The molecule has 1 aromatic rings. The minimum Gasteiger partial charge on any atom is -0.396 e. The Morgan fingerprint density at radius 1 is 1.41 bits per heavy atom. The van der Waals surface area contributed by atoms with Crippen LogP contribution in [-0.2, 0) is 4.79 Å². The number of amides is 1. The minimum atomic E-state index is 0.121. The molecule has 17 heavy (non-hydrogen) atoms. The summed E-state index contributed by atoms with van der Waals surface area (Å²) in [5, 5.41) is 9.28. The SMILES string of the molecule is CC(=O)N1CCC(CO)CC1c1ccccc1. The van der Waals surface area contributed by atoms with Gasteiger partial charge >= 0.3 is 0 Å². The van der Waals surface area contributed by atoms with Crippen LogP contribution in [0.25, 0.3) is 0 Å². The maximum atomic E-state index is 11.6. The first-order valence-electron chi connectivity index (χ1n) is 6.15. The van der Waals surface area contributed by atoms with Crippen molar-refractivity contribution in [2.24, 2.45) is 5.92 Å². The summed E-state index contributed by atoms with van der Waals surface area (Å²) >= 11 is 0. The van der Waals surface area contributed by atoms with Gasteiger partial charge in [0.25, 0.3) is 0 Å². The molecule has 0 spiro atoms. The average Bonchev–Trinajstić information content (AvgIpc) is 2.39. The van der Waals surface area contributed by atoms with Gasteiger partial charge in [0.2, 0.25) is 5.91 Å². The van der Waals surface area contributed by atoms with Gasteiger partial charge in [-0.2, -0.15) is 0 Å². The van der Waals surface area contributed by atoms with Gasteiger partial charge in [0.15, 0.2) is 0 Å². The van der Waals surface area contributed by atoms with E-state index < -0.39 is 0 Å². The second-order valence-corrected chi connectivity index (χ2v) is 4.71. The van der Waals surface area contributed by atoms with E-state index in [4.69, 9.17) is 0 Å². The van der Waals surface area contributed by atoms with Crippen molar-refractivity contribution in [2.45, 2.75) is 25.8 Å². The molecule has 2 unspecified atom stereocenters. The maximum absolute atomic E-state index is 11.6. The number of piperidine rings is 1. The fourth-order valence-corrected chi connectivity index (χ4v) is 2.57. The van der Waals surface area contributed by atoms with Crippen molar-refractivity contribution in [1.82, 2.24) is 4.90 Å². The number of rotatable bonds is 2. The summed E-state index contributed by atoms with van der Waals surface area (Å²) in [5.74, 6) is 0.436. The molecule has 0 saturated carbocycles. The molecule has 0 radical (unpaired) electrons. The molecule has 1 aliphatic rings. The largest absolute Gasteiger partial charge is 0.396 e. The van der Waals surface area contributed by atoms with Crippen LogP contribution >= 0.6 is 0 Å². The van der Waals surface area contributed by atoms with Crippen LogP contribution in [0.4, 0.5) is 0 Å². The van der Waals surface area contributed by atoms with Crippen LogP contribution in [0.15, 0.2) is 30.3 Å². The molecule has 1 aromatic carbocycles. The van der Waals surface area contributed by atoms with Crippen molar-refractivity contribution in [3.05, 3.63) is 35.9 Å². The molecule has 1 amide bonds. The average molecular weight is 233 g/mol. The van der Waals surface area contributed by atoms with Gasteiger partial charge in [-0.15, -0.1) is 0 Å². The predicted molar refractivity (Wildman–Crippen MR) is 66.4 cm³/mol. The molecule has 0 aliphatic carbocycles. The van der Waals surface area contributed by atoms with E-state index >= 15 is 0 Å². The Morgan fingerprint density at radius 2 is 2.12 bits per heavy atom. The molecule has 1 heterocycles. The van der Waals surface area contributed by atoms with Crippen LogP contribution in [0, 0.1) is 5.92 Å². The molecule has 1 saturated heterocycles. The molecular weight excluding hydrogens is 214 g/mol. The van der Waals surface area contributed by atoms with E-state index in [0.29, 0.717) is 5.92 Å². The molecule has 2 atom stereocenters. The summed E-state index contributed by atoms with van der Waals surface area (Å²) in [5.41, 5.74) is 1.17. The molecule has 3 heteroatoms.